The quantitative estimate of drug-likeness (QED) is 0.178. The molecule has 1 aliphatic carbocycles. The molecule has 0 saturated heterocycles. The van der Waals surface area contributed by atoms with Crippen LogP contribution >= 0.6 is 0 Å². The molecule has 0 unspecified atom stereocenters. The smallest absolute Gasteiger partial charge is 0.0541 e. The average molecular weight is 697 g/mol. The van der Waals surface area contributed by atoms with Crippen LogP contribution in [-0.2, 0) is 10.8 Å². The number of benzene rings is 8. The second-order valence-corrected chi connectivity index (χ2v) is 17.2. The molecule has 0 radical (unpaired) electrons. The Kier molecular flexibility index (Phi) is 7.04. The maximum Gasteiger partial charge on any atom is 0.0541 e. The van der Waals surface area contributed by atoms with Crippen LogP contribution < -0.4 is 4.90 Å². The van der Waals surface area contributed by atoms with Crippen LogP contribution in [0.15, 0.2) is 158 Å². The first-order valence-corrected chi connectivity index (χ1v) is 19.2. The van der Waals surface area contributed by atoms with Gasteiger partial charge in [0.1, 0.15) is 0 Å². The molecule has 54 heavy (non-hydrogen) atoms. The fourth-order valence-corrected chi connectivity index (χ4v) is 8.55. The van der Waals surface area contributed by atoms with Crippen molar-refractivity contribution in [2.45, 2.75) is 52.4 Å². The SMILES string of the molecule is CC(C)(C)c1ccc(N(c2ccc(C(C)(C)C)cc2)c2ccc3cc4c(cc3c2)-c2cc3ccc(-n5c6ccccc6c6ccccc65)cc3cc2-4)cc1. The van der Waals surface area contributed by atoms with Crippen LogP contribution in [0.5, 0.6) is 0 Å². The molecule has 8 aromatic carbocycles. The fraction of sp³-hybridized carbons (Fsp3) is 0.154. The summed E-state index contributed by atoms with van der Waals surface area (Å²) in [5, 5.41) is 7.61. The lowest BCUT2D eigenvalue weighted by molar-refractivity contribution is 0.590. The zero-order chi connectivity index (χ0) is 36.9. The second kappa shape index (κ2) is 11.7. The standard InChI is InChI=1S/C52H44N2/c1-51(2,3)37-17-23-39(24-18-37)53(40-25-19-38(20-26-40)52(4,5)6)41-21-15-33-29-45-47(31-35(33)27-41)46-30-34-16-22-42(28-36(34)32-48(45)46)54-49-13-9-7-11-43(49)44-12-8-10-14-50(44)54/h7-32H,1-6H3. The van der Waals surface area contributed by atoms with Crippen molar-refractivity contribution in [3.63, 3.8) is 0 Å². The van der Waals surface area contributed by atoms with Gasteiger partial charge >= 0.3 is 0 Å². The monoisotopic (exact) mass is 696 g/mol. The number of para-hydroxylation sites is 2. The van der Waals surface area contributed by atoms with E-state index in [1.165, 1.54) is 82.4 Å². The second-order valence-electron chi connectivity index (χ2n) is 17.2. The average Bonchev–Trinajstić information content (AvgIpc) is 3.51. The van der Waals surface area contributed by atoms with Gasteiger partial charge in [-0.3, -0.25) is 0 Å². The molecule has 2 heteroatoms. The minimum atomic E-state index is 0.0960. The Balaban J connectivity index is 1.05. The Morgan fingerprint density at radius 3 is 1.26 bits per heavy atom. The summed E-state index contributed by atoms with van der Waals surface area (Å²) in [6.07, 6.45) is 0. The number of hydrogen-bond donors (Lipinski definition) is 0. The number of nitrogens with zero attached hydrogens (tertiary/aromatic N) is 2. The number of rotatable bonds is 4. The summed E-state index contributed by atoms with van der Waals surface area (Å²) >= 11 is 0. The van der Waals surface area contributed by atoms with Crippen molar-refractivity contribution in [1.29, 1.82) is 0 Å². The van der Waals surface area contributed by atoms with E-state index in [2.05, 4.69) is 209 Å². The maximum atomic E-state index is 2.41. The van der Waals surface area contributed by atoms with Crippen LogP contribution in [0.1, 0.15) is 52.7 Å². The molecule has 0 amide bonds. The van der Waals surface area contributed by atoms with Gasteiger partial charge in [-0.2, -0.15) is 0 Å². The van der Waals surface area contributed by atoms with Gasteiger partial charge in [-0.25, -0.2) is 0 Å². The first-order valence-electron chi connectivity index (χ1n) is 19.2. The Bertz CT molecular complexity index is 2820. The molecular formula is C52H44N2. The molecule has 262 valence electrons. The van der Waals surface area contributed by atoms with Crippen LogP contribution in [0.25, 0.3) is 71.3 Å². The third kappa shape index (κ3) is 5.16. The topological polar surface area (TPSA) is 8.17 Å². The van der Waals surface area contributed by atoms with Crippen LogP contribution in [0.3, 0.4) is 0 Å². The van der Waals surface area contributed by atoms with Crippen molar-refractivity contribution in [3.8, 4) is 27.9 Å². The van der Waals surface area contributed by atoms with Crippen molar-refractivity contribution in [3.05, 3.63) is 169 Å². The van der Waals surface area contributed by atoms with E-state index >= 15 is 0 Å². The largest absolute Gasteiger partial charge is 0.310 e. The highest BCUT2D eigenvalue weighted by atomic mass is 15.1. The van der Waals surface area contributed by atoms with Gasteiger partial charge in [0.2, 0.25) is 0 Å². The van der Waals surface area contributed by atoms with Gasteiger partial charge in [-0.05, 0) is 151 Å². The van der Waals surface area contributed by atoms with Crippen molar-refractivity contribution in [1.82, 2.24) is 4.57 Å². The molecule has 10 rings (SSSR count). The van der Waals surface area contributed by atoms with Gasteiger partial charge < -0.3 is 9.47 Å². The third-order valence-corrected chi connectivity index (χ3v) is 11.6. The fourth-order valence-electron chi connectivity index (χ4n) is 8.55. The number of anilines is 3. The van der Waals surface area contributed by atoms with Crippen molar-refractivity contribution < 1.29 is 0 Å². The molecular weight excluding hydrogens is 653 g/mol. The van der Waals surface area contributed by atoms with E-state index in [1.807, 2.05) is 0 Å². The molecule has 0 aliphatic heterocycles. The molecule has 0 spiro atoms. The Morgan fingerprint density at radius 2 is 0.778 bits per heavy atom. The van der Waals surface area contributed by atoms with E-state index in [1.54, 1.807) is 0 Å². The van der Waals surface area contributed by atoms with E-state index < -0.39 is 0 Å². The minimum Gasteiger partial charge on any atom is -0.310 e. The molecule has 1 heterocycles. The summed E-state index contributed by atoms with van der Waals surface area (Å²) in [5.74, 6) is 0. The summed E-state index contributed by atoms with van der Waals surface area (Å²) in [5.41, 5.74) is 15.3. The Morgan fingerprint density at radius 1 is 0.370 bits per heavy atom. The van der Waals surface area contributed by atoms with Crippen molar-refractivity contribution in [2.75, 3.05) is 4.90 Å². The highest BCUT2D eigenvalue weighted by Crippen LogP contribution is 2.51. The zero-order valence-corrected chi connectivity index (χ0v) is 31.9. The lowest BCUT2D eigenvalue weighted by atomic mass is 9.78. The summed E-state index contributed by atoms with van der Waals surface area (Å²) in [6, 6.07) is 59.1. The van der Waals surface area contributed by atoms with Gasteiger partial charge in [-0.15, -0.1) is 0 Å². The summed E-state index contributed by atoms with van der Waals surface area (Å²) in [6.45, 7) is 13.6. The molecule has 0 saturated carbocycles. The van der Waals surface area contributed by atoms with E-state index in [9.17, 15) is 0 Å². The lowest BCUT2D eigenvalue weighted by Crippen LogP contribution is -2.14. The Hall–Kier alpha value is -6.12. The van der Waals surface area contributed by atoms with Crippen molar-refractivity contribution in [2.24, 2.45) is 0 Å². The van der Waals surface area contributed by atoms with E-state index in [0.29, 0.717) is 0 Å². The first kappa shape index (κ1) is 32.5. The minimum absolute atomic E-state index is 0.0960. The van der Waals surface area contributed by atoms with Crippen LogP contribution in [0, 0.1) is 0 Å². The third-order valence-electron chi connectivity index (χ3n) is 11.6. The van der Waals surface area contributed by atoms with Gasteiger partial charge in [-0.1, -0.05) is 114 Å². The Labute approximate surface area is 317 Å². The number of aromatic nitrogens is 1. The summed E-state index contributed by atoms with van der Waals surface area (Å²) in [4.78, 5) is 2.40. The summed E-state index contributed by atoms with van der Waals surface area (Å²) < 4.78 is 2.41. The van der Waals surface area contributed by atoms with Gasteiger partial charge in [0, 0.05) is 33.5 Å². The molecule has 0 bridgehead atoms. The molecule has 9 aromatic rings. The van der Waals surface area contributed by atoms with E-state index in [0.717, 1.165) is 17.1 Å². The molecule has 2 nitrogen and oxygen atoms in total. The zero-order valence-electron chi connectivity index (χ0n) is 31.9. The van der Waals surface area contributed by atoms with Gasteiger partial charge in [0.25, 0.3) is 0 Å². The highest BCUT2D eigenvalue weighted by molar-refractivity contribution is 6.13. The van der Waals surface area contributed by atoms with E-state index in [-0.39, 0.29) is 10.8 Å². The van der Waals surface area contributed by atoms with Gasteiger partial charge in [0.05, 0.1) is 11.0 Å². The first-order chi connectivity index (χ1) is 26.0. The molecule has 0 N–H and O–H groups in total. The number of fused-ring (bicyclic) bond motifs is 9. The van der Waals surface area contributed by atoms with E-state index in [4.69, 9.17) is 0 Å². The van der Waals surface area contributed by atoms with Gasteiger partial charge in [0.15, 0.2) is 0 Å². The maximum absolute atomic E-state index is 2.41. The molecule has 1 aliphatic rings. The predicted molar refractivity (Wildman–Crippen MR) is 232 cm³/mol. The molecule has 1 aromatic heterocycles. The lowest BCUT2D eigenvalue weighted by Gasteiger charge is -2.29. The summed E-state index contributed by atoms with van der Waals surface area (Å²) in [7, 11) is 0. The highest BCUT2D eigenvalue weighted by Gasteiger charge is 2.25. The van der Waals surface area contributed by atoms with Crippen LogP contribution in [0.4, 0.5) is 17.1 Å². The van der Waals surface area contributed by atoms with Crippen molar-refractivity contribution >= 4 is 60.4 Å². The van der Waals surface area contributed by atoms with Crippen LogP contribution in [0.2, 0.25) is 0 Å². The molecule has 0 fully saturated rings. The molecule has 0 atom stereocenters. The van der Waals surface area contributed by atoms with Crippen LogP contribution in [-0.4, -0.2) is 4.57 Å². The number of hydrogen-bond acceptors (Lipinski definition) is 1. The normalized spacial score (nSPS) is 12.6. The predicted octanol–water partition coefficient (Wildman–Crippen LogP) is 14.8.